The normalized spacial score (nSPS) is 20.7. The Balaban J connectivity index is 1.49. The fraction of sp³-hybridized carbons (Fsp3) is 0.529. The zero-order chi connectivity index (χ0) is 19.9. The van der Waals surface area contributed by atoms with E-state index < -0.39 is 11.0 Å². The van der Waals surface area contributed by atoms with Gasteiger partial charge in [-0.25, -0.2) is 4.52 Å². The Morgan fingerprint density at radius 1 is 1.32 bits per heavy atom. The number of hydrogen-bond acceptors (Lipinski definition) is 6. The lowest BCUT2D eigenvalue weighted by Crippen LogP contribution is -2.63. The number of piperidine rings is 1. The fourth-order valence-electron chi connectivity index (χ4n) is 3.61. The van der Waals surface area contributed by atoms with Gasteiger partial charge in [0.1, 0.15) is 9.52 Å². The third-order valence-electron chi connectivity index (χ3n) is 5.13. The number of ether oxygens (including phenoxy) is 1. The molecular formula is C17H17F3IN5OS. The first-order chi connectivity index (χ1) is 13.3. The molecule has 150 valence electrons. The number of nitriles is 1. The van der Waals surface area contributed by atoms with Gasteiger partial charge in [0.25, 0.3) is 0 Å². The van der Waals surface area contributed by atoms with Crippen LogP contribution >= 0.6 is 34.4 Å². The van der Waals surface area contributed by atoms with Crippen molar-refractivity contribution in [3.63, 3.8) is 0 Å². The molecule has 0 saturated carbocycles. The van der Waals surface area contributed by atoms with Crippen LogP contribution in [0.3, 0.4) is 0 Å². The molecule has 0 bridgehead atoms. The van der Waals surface area contributed by atoms with Gasteiger partial charge < -0.3 is 10.1 Å². The molecule has 0 atom stereocenters. The average Bonchev–Trinajstić information content (AvgIpc) is 2.91. The summed E-state index contributed by atoms with van der Waals surface area (Å²) in [4.78, 5) is 2.29. The number of pyridine rings is 1. The summed E-state index contributed by atoms with van der Waals surface area (Å²) in [6.07, 6.45) is 1.67. The van der Waals surface area contributed by atoms with Gasteiger partial charge in [-0.15, -0.1) is 0 Å². The molecule has 2 aromatic rings. The summed E-state index contributed by atoms with van der Waals surface area (Å²) in [5, 5.41) is 17.2. The van der Waals surface area contributed by atoms with Crippen LogP contribution in [0.15, 0.2) is 23.1 Å². The van der Waals surface area contributed by atoms with Crippen molar-refractivity contribution in [3.05, 3.63) is 21.9 Å². The maximum absolute atomic E-state index is 12.9. The number of halogens is 4. The van der Waals surface area contributed by atoms with Crippen molar-refractivity contribution < 1.29 is 17.9 Å². The van der Waals surface area contributed by atoms with E-state index >= 15 is 0 Å². The Hall–Kier alpha value is -1.23. The van der Waals surface area contributed by atoms with Crippen molar-refractivity contribution in [1.29, 1.82) is 5.26 Å². The number of nitrogens with zero attached hydrogens (tertiary/aromatic N) is 4. The number of aromatic nitrogens is 2. The summed E-state index contributed by atoms with van der Waals surface area (Å²) in [6, 6.07) is 7.74. The molecule has 11 heteroatoms. The molecule has 0 radical (unpaired) electrons. The maximum Gasteiger partial charge on any atom is 0.446 e. The molecule has 0 spiro atoms. The second kappa shape index (κ2) is 7.55. The van der Waals surface area contributed by atoms with Crippen LogP contribution in [0.25, 0.3) is 5.52 Å². The number of alkyl halides is 3. The van der Waals surface area contributed by atoms with Crippen LogP contribution in [0.5, 0.6) is 0 Å². The van der Waals surface area contributed by atoms with Crippen molar-refractivity contribution in [3.8, 4) is 6.07 Å². The summed E-state index contributed by atoms with van der Waals surface area (Å²) in [7, 11) is 0. The highest BCUT2D eigenvalue weighted by atomic mass is 127. The van der Waals surface area contributed by atoms with Crippen LogP contribution in [0, 0.1) is 15.0 Å². The highest BCUT2D eigenvalue weighted by Gasteiger charge is 2.45. The minimum absolute atomic E-state index is 0.118. The molecule has 2 aromatic heterocycles. The lowest BCUT2D eigenvalue weighted by Gasteiger charge is -2.47. The summed E-state index contributed by atoms with van der Waals surface area (Å²) in [6.45, 7) is 2.45. The van der Waals surface area contributed by atoms with E-state index in [1.165, 1.54) is 0 Å². The largest absolute Gasteiger partial charge is 0.446 e. The van der Waals surface area contributed by atoms with Gasteiger partial charge in [-0.2, -0.15) is 23.5 Å². The lowest BCUT2D eigenvalue weighted by atomic mass is 9.92. The van der Waals surface area contributed by atoms with Crippen LogP contribution in [0.4, 0.5) is 19.0 Å². The van der Waals surface area contributed by atoms with Gasteiger partial charge in [-0.1, -0.05) is 6.07 Å². The van der Waals surface area contributed by atoms with E-state index in [9.17, 15) is 18.4 Å². The second-order valence-corrected chi connectivity index (χ2v) is 9.01. The Labute approximate surface area is 177 Å². The number of hydrogen-bond donors (Lipinski definition) is 1. The number of likely N-dealkylation sites (tertiary alicyclic amines) is 1. The third kappa shape index (κ3) is 3.79. The zero-order valence-electron chi connectivity index (χ0n) is 14.7. The minimum atomic E-state index is -4.36. The topological polar surface area (TPSA) is 65.6 Å². The summed E-state index contributed by atoms with van der Waals surface area (Å²) >= 11 is 1.70. The van der Waals surface area contributed by atoms with Gasteiger partial charge in [0, 0.05) is 19.1 Å². The summed E-state index contributed by atoms with van der Waals surface area (Å²) in [5.74, 6) is 0.671. The van der Waals surface area contributed by atoms with Crippen molar-refractivity contribution in [2.75, 3.05) is 31.6 Å². The van der Waals surface area contributed by atoms with Crippen molar-refractivity contribution in [2.45, 2.75) is 34.8 Å². The highest BCUT2D eigenvalue weighted by Crippen LogP contribution is 2.41. The zero-order valence-corrected chi connectivity index (χ0v) is 17.6. The van der Waals surface area contributed by atoms with Crippen LogP contribution in [0.2, 0.25) is 0 Å². The Bertz CT molecular complexity index is 916. The van der Waals surface area contributed by atoms with E-state index in [0.717, 1.165) is 25.9 Å². The molecule has 0 aliphatic carbocycles. The molecule has 28 heavy (non-hydrogen) atoms. The summed E-state index contributed by atoms with van der Waals surface area (Å²) < 4.78 is 45.7. The molecule has 4 rings (SSSR count). The van der Waals surface area contributed by atoms with Gasteiger partial charge >= 0.3 is 5.51 Å². The molecule has 6 nitrogen and oxygen atoms in total. The predicted molar refractivity (Wildman–Crippen MR) is 107 cm³/mol. The molecule has 1 N–H and O–H groups in total. The molecule has 0 aromatic carbocycles. The van der Waals surface area contributed by atoms with Crippen molar-refractivity contribution in [1.82, 2.24) is 14.5 Å². The van der Waals surface area contributed by atoms with E-state index in [0.29, 0.717) is 28.2 Å². The van der Waals surface area contributed by atoms with E-state index in [2.05, 4.69) is 21.4 Å². The third-order valence-corrected chi connectivity index (χ3v) is 7.09. The smallest absolute Gasteiger partial charge is 0.375 e. The Kier molecular flexibility index (Phi) is 5.41. The molecule has 2 aliphatic rings. The van der Waals surface area contributed by atoms with Crippen LogP contribution in [-0.4, -0.2) is 57.9 Å². The van der Waals surface area contributed by atoms with Gasteiger partial charge in [0.05, 0.1) is 29.7 Å². The first-order valence-corrected chi connectivity index (χ1v) is 10.6. The number of thioether (sulfide) groups is 1. The van der Waals surface area contributed by atoms with Crippen LogP contribution in [0.1, 0.15) is 12.8 Å². The molecule has 0 amide bonds. The monoisotopic (exact) mass is 523 g/mol. The Morgan fingerprint density at radius 2 is 2.04 bits per heavy atom. The van der Waals surface area contributed by atoms with Crippen molar-refractivity contribution in [2.24, 2.45) is 0 Å². The first-order valence-electron chi connectivity index (χ1n) is 8.75. The number of fused-ring (bicyclic) bond motifs is 1. The number of anilines is 1. The van der Waals surface area contributed by atoms with Crippen LogP contribution < -0.4 is 5.32 Å². The number of nitrogens with one attached hydrogen (secondary N) is 1. The molecule has 4 heterocycles. The SMILES string of the molecule is N#CC1(N2CCC(Nc3cccc4c(SC(F)(F)F)c(I)nn34)CC2)COC1. The van der Waals surface area contributed by atoms with Gasteiger partial charge in [0.2, 0.25) is 0 Å². The molecule has 0 unspecified atom stereocenters. The second-order valence-electron chi connectivity index (χ2n) is 6.92. The molecule has 2 saturated heterocycles. The van der Waals surface area contributed by atoms with Gasteiger partial charge in [-0.3, -0.25) is 4.90 Å². The summed E-state index contributed by atoms with van der Waals surface area (Å²) in [5.41, 5.74) is -4.42. The Morgan fingerprint density at radius 3 is 2.61 bits per heavy atom. The predicted octanol–water partition coefficient (Wildman–Crippen LogP) is 3.72. The van der Waals surface area contributed by atoms with E-state index in [4.69, 9.17) is 4.74 Å². The van der Waals surface area contributed by atoms with Crippen molar-refractivity contribution >= 4 is 45.7 Å². The van der Waals surface area contributed by atoms with E-state index in [1.807, 2.05) is 28.7 Å². The first kappa shape index (κ1) is 20.1. The minimum Gasteiger partial charge on any atom is -0.375 e. The molecule has 2 aliphatic heterocycles. The van der Waals surface area contributed by atoms with Gasteiger partial charge in [-0.05, 0) is 59.3 Å². The average molecular weight is 523 g/mol. The fourth-order valence-corrected chi connectivity index (χ4v) is 5.05. The standard InChI is InChI=1S/C17H17F3IN5OS/c18-17(19,20)28-14-12-2-1-3-13(26(12)24-15(14)21)23-11-4-6-25(7-5-11)16(8-22)9-27-10-16/h1-3,11,23H,4-7,9-10H2. The van der Waals surface area contributed by atoms with Crippen LogP contribution in [-0.2, 0) is 4.74 Å². The van der Waals surface area contributed by atoms with Gasteiger partial charge in [0.15, 0.2) is 5.54 Å². The molecular weight excluding hydrogens is 506 g/mol. The highest BCUT2D eigenvalue weighted by molar-refractivity contribution is 14.1. The quantitative estimate of drug-likeness (QED) is 0.487. The number of rotatable bonds is 4. The van der Waals surface area contributed by atoms with E-state index in [1.54, 1.807) is 16.6 Å². The molecule has 2 fully saturated rings. The van der Waals surface area contributed by atoms with E-state index in [-0.39, 0.29) is 22.7 Å². The maximum atomic E-state index is 12.9. The lowest BCUT2D eigenvalue weighted by molar-refractivity contribution is -0.113.